The fourth-order valence-corrected chi connectivity index (χ4v) is 3.51. The zero-order valence-electron chi connectivity index (χ0n) is 12.0. The fourth-order valence-electron chi connectivity index (χ4n) is 2.34. The van der Waals surface area contributed by atoms with Crippen molar-refractivity contribution in [3.05, 3.63) is 47.5 Å². The number of carbonyl (C=O) groups is 1. The van der Waals surface area contributed by atoms with Crippen molar-refractivity contribution in [2.45, 2.75) is 4.90 Å². The predicted octanol–water partition coefficient (Wildman–Crippen LogP) is 4.49. The number of hydrogen-bond acceptors (Lipinski definition) is 3. The summed E-state index contributed by atoms with van der Waals surface area (Å²) in [6.45, 7) is 0.663. The molecule has 1 aliphatic rings. The second kappa shape index (κ2) is 6.50. The molecule has 114 valence electrons. The van der Waals surface area contributed by atoms with Crippen molar-refractivity contribution in [3.8, 4) is 5.75 Å². The van der Waals surface area contributed by atoms with Crippen molar-refractivity contribution in [1.82, 2.24) is 0 Å². The van der Waals surface area contributed by atoms with Gasteiger partial charge in [-0.1, -0.05) is 23.7 Å². The van der Waals surface area contributed by atoms with E-state index in [0.717, 1.165) is 16.3 Å². The van der Waals surface area contributed by atoms with Crippen LogP contribution in [0.5, 0.6) is 5.75 Å². The van der Waals surface area contributed by atoms with Crippen LogP contribution >= 0.6 is 23.4 Å². The van der Waals surface area contributed by atoms with Crippen LogP contribution in [-0.2, 0) is 0 Å². The topological polar surface area (TPSA) is 41.6 Å². The Morgan fingerprint density at radius 3 is 2.95 bits per heavy atom. The highest BCUT2D eigenvalue weighted by Gasteiger charge is 2.23. The Kier molecular flexibility index (Phi) is 4.45. The number of halogens is 1. The van der Waals surface area contributed by atoms with E-state index >= 15 is 0 Å². The van der Waals surface area contributed by atoms with E-state index in [4.69, 9.17) is 16.3 Å². The molecule has 0 spiro atoms. The molecule has 0 radical (unpaired) electrons. The molecule has 1 N–H and O–H groups in total. The number of thioether (sulfide) groups is 1. The van der Waals surface area contributed by atoms with Crippen LogP contribution in [0.15, 0.2) is 47.4 Å². The van der Waals surface area contributed by atoms with E-state index in [1.165, 1.54) is 0 Å². The lowest BCUT2D eigenvalue weighted by atomic mass is 10.2. The molecule has 2 amide bonds. The molecule has 0 saturated heterocycles. The molecule has 0 bridgehead atoms. The molecular formula is C16H15ClN2O2S. The van der Waals surface area contributed by atoms with E-state index in [1.807, 2.05) is 24.3 Å². The molecule has 3 rings (SSSR count). The van der Waals surface area contributed by atoms with Crippen LogP contribution < -0.4 is 15.0 Å². The van der Waals surface area contributed by atoms with Crippen LogP contribution in [-0.4, -0.2) is 25.4 Å². The number of urea groups is 1. The molecule has 0 atom stereocenters. The van der Waals surface area contributed by atoms with Crippen LogP contribution in [0.4, 0.5) is 16.2 Å². The smallest absolute Gasteiger partial charge is 0.326 e. The molecule has 0 fully saturated rings. The lowest BCUT2D eigenvalue weighted by molar-refractivity contribution is 0.257. The SMILES string of the molecule is COc1ccc(Cl)cc1NC(=O)N1CCSc2ccccc21. The van der Waals surface area contributed by atoms with Crippen molar-refractivity contribution in [2.75, 3.05) is 29.6 Å². The van der Waals surface area contributed by atoms with Gasteiger partial charge in [-0.15, -0.1) is 11.8 Å². The van der Waals surface area contributed by atoms with Crippen LogP contribution in [0.2, 0.25) is 5.02 Å². The quantitative estimate of drug-likeness (QED) is 0.879. The number of nitrogens with zero attached hydrogens (tertiary/aromatic N) is 1. The summed E-state index contributed by atoms with van der Waals surface area (Å²) in [7, 11) is 1.56. The Hall–Kier alpha value is -1.85. The van der Waals surface area contributed by atoms with Gasteiger partial charge in [-0.3, -0.25) is 4.90 Å². The van der Waals surface area contributed by atoms with Gasteiger partial charge in [-0.2, -0.15) is 0 Å². The molecule has 22 heavy (non-hydrogen) atoms. The first-order chi connectivity index (χ1) is 10.7. The molecule has 2 aromatic carbocycles. The average molecular weight is 335 g/mol. The summed E-state index contributed by atoms with van der Waals surface area (Å²) in [5.74, 6) is 1.45. The number of fused-ring (bicyclic) bond motifs is 1. The highest BCUT2D eigenvalue weighted by molar-refractivity contribution is 7.99. The van der Waals surface area contributed by atoms with Crippen LogP contribution in [0.25, 0.3) is 0 Å². The third-order valence-corrected chi connectivity index (χ3v) is 4.65. The molecule has 1 aliphatic heterocycles. The van der Waals surface area contributed by atoms with Gasteiger partial charge in [0.25, 0.3) is 0 Å². The van der Waals surface area contributed by atoms with Gasteiger partial charge in [0.05, 0.1) is 18.5 Å². The van der Waals surface area contributed by atoms with E-state index < -0.39 is 0 Å². The summed E-state index contributed by atoms with van der Waals surface area (Å²) in [6, 6.07) is 12.9. The van der Waals surface area contributed by atoms with E-state index in [9.17, 15) is 4.79 Å². The number of rotatable bonds is 2. The standard InChI is InChI=1S/C16H15ClN2O2S/c1-21-14-7-6-11(17)10-12(14)18-16(20)19-8-9-22-15-5-3-2-4-13(15)19/h2-7,10H,8-9H2,1H3,(H,18,20). The summed E-state index contributed by atoms with van der Waals surface area (Å²) in [6.07, 6.45) is 0. The number of benzene rings is 2. The molecule has 0 aromatic heterocycles. The van der Waals surface area contributed by atoms with Crippen molar-refractivity contribution in [2.24, 2.45) is 0 Å². The highest BCUT2D eigenvalue weighted by atomic mass is 35.5. The fraction of sp³-hybridized carbons (Fsp3) is 0.188. The lowest BCUT2D eigenvalue weighted by Gasteiger charge is -2.29. The Balaban J connectivity index is 1.86. The molecule has 2 aromatic rings. The van der Waals surface area contributed by atoms with Gasteiger partial charge in [-0.25, -0.2) is 4.79 Å². The first-order valence-electron chi connectivity index (χ1n) is 6.83. The minimum absolute atomic E-state index is 0.187. The van der Waals surface area contributed by atoms with Gasteiger partial charge in [0, 0.05) is 22.2 Å². The maximum Gasteiger partial charge on any atom is 0.326 e. The molecule has 0 saturated carbocycles. The summed E-state index contributed by atoms with van der Waals surface area (Å²) in [5, 5.41) is 3.43. The predicted molar refractivity (Wildman–Crippen MR) is 91.5 cm³/mol. The molecular weight excluding hydrogens is 320 g/mol. The number of amides is 2. The van der Waals surface area contributed by atoms with Gasteiger partial charge in [0.15, 0.2) is 0 Å². The maximum absolute atomic E-state index is 12.6. The molecule has 0 aliphatic carbocycles. The first-order valence-corrected chi connectivity index (χ1v) is 8.19. The van der Waals surface area contributed by atoms with E-state index in [2.05, 4.69) is 5.32 Å². The van der Waals surface area contributed by atoms with Crippen LogP contribution in [0.3, 0.4) is 0 Å². The van der Waals surface area contributed by atoms with E-state index in [0.29, 0.717) is 23.0 Å². The van der Waals surface area contributed by atoms with Gasteiger partial charge >= 0.3 is 6.03 Å². The Morgan fingerprint density at radius 1 is 1.32 bits per heavy atom. The average Bonchev–Trinajstić information content (AvgIpc) is 2.54. The number of nitrogens with one attached hydrogen (secondary N) is 1. The highest BCUT2D eigenvalue weighted by Crippen LogP contribution is 2.35. The second-order valence-electron chi connectivity index (χ2n) is 4.74. The molecule has 6 heteroatoms. The minimum Gasteiger partial charge on any atom is -0.495 e. The zero-order valence-corrected chi connectivity index (χ0v) is 13.6. The van der Waals surface area contributed by atoms with Crippen molar-refractivity contribution >= 4 is 40.8 Å². The van der Waals surface area contributed by atoms with Gasteiger partial charge in [-0.05, 0) is 30.3 Å². The number of ether oxygens (including phenoxy) is 1. The first kappa shape index (κ1) is 15.1. The number of methoxy groups -OCH3 is 1. The third kappa shape index (κ3) is 3.00. The number of carbonyl (C=O) groups excluding carboxylic acids is 1. The number of hydrogen-bond donors (Lipinski definition) is 1. The van der Waals surface area contributed by atoms with Crippen LogP contribution in [0, 0.1) is 0 Å². The van der Waals surface area contributed by atoms with Gasteiger partial charge in [0.2, 0.25) is 0 Å². The number of anilines is 2. The van der Waals surface area contributed by atoms with Gasteiger partial charge < -0.3 is 10.1 Å². The normalized spacial score (nSPS) is 13.5. The molecule has 1 heterocycles. The summed E-state index contributed by atoms with van der Waals surface area (Å²) in [4.78, 5) is 15.5. The second-order valence-corrected chi connectivity index (χ2v) is 6.32. The third-order valence-electron chi connectivity index (χ3n) is 3.38. The maximum atomic E-state index is 12.6. The Labute approximate surface area is 138 Å². The van der Waals surface area contributed by atoms with Crippen molar-refractivity contribution < 1.29 is 9.53 Å². The molecule has 4 nitrogen and oxygen atoms in total. The van der Waals surface area contributed by atoms with Crippen molar-refractivity contribution in [1.29, 1.82) is 0 Å². The monoisotopic (exact) mass is 334 g/mol. The Bertz CT molecular complexity index is 708. The number of para-hydroxylation sites is 1. The Morgan fingerprint density at radius 2 is 2.14 bits per heavy atom. The lowest BCUT2D eigenvalue weighted by Crippen LogP contribution is -2.38. The van der Waals surface area contributed by atoms with E-state index in [1.54, 1.807) is 42.0 Å². The van der Waals surface area contributed by atoms with Gasteiger partial charge in [0.1, 0.15) is 5.75 Å². The van der Waals surface area contributed by atoms with Crippen molar-refractivity contribution in [3.63, 3.8) is 0 Å². The minimum atomic E-state index is -0.187. The zero-order chi connectivity index (χ0) is 15.5. The summed E-state index contributed by atoms with van der Waals surface area (Å²) >= 11 is 7.76. The summed E-state index contributed by atoms with van der Waals surface area (Å²) in [5.41, 5.74) is 1.49. The summed E-state index contributed by atoms with van der Waals surface area (Å²) < 4.78 is 5.26. The molecule has 0 unspecified atom stereocenters. The largest absolute Gasteiger partial charge is 0.495 e. The van der Waals surface area contributed by atoms with Crippen LogP contribution in [0.1, 0.15) is 0 Å². The van der Waals surface area contributed by atoms with E-state index in [-0.39, 0.29) is 6.03 Å².